The van der Waals surface area contributed by atoms with E-state index in [-0.39, 0.29) is 54.7 Å². The maximum atomic E-state index is 12.9. The second kappa shape index (κ2) is 7.09. The highest BCUT2D eigenvalue weighted by Crippen LogP contribution is 2.52. The van der Waals surface area contributed by atoms with Crippen LogP contribution in [0.25, 0.3) is 0 Å². The van der Waals surface area contributed by atoms with Crippen molar-refractivity contribution >= 4 is 17.7 Å². The summed E-state index contributed by atoms with van der Waals surface area (Å²) in [7, 11) is 0. The average molecular weight is 424 g/mol. The number of allylic oxidation sites excluding steroid dienone is 2. The van der Waals surface area contributed by atoms with E-state index in [4.69, 9.17) is 9.47 Å². The minimum atomic E-state index is -0.238. The summed E-state index contributed by atoms with van der Waals surface area (Å²) in [6, 6.07) is 6.02. The van der Waals surface area contributed by atoms with Gasteiger partial charge in [-0.05, 0) is 36.5 Å². The maximum Gasteiger partial charge on any atom is 0.243 e. The molecule has 3 amide bonds. The summed E-state index contributed by atoms with van der Waals surface area (Å²) >= 11 is 0. The van der Waals surface area contributed by atoms with Crippen LogP contribution in [-0.4, -0.2) is 67.0 Å². The molecule has 5 aliphatic rings. The second-order valence-electron chi connectivity index (χ2n) is 9.26. The van der Waals surface area contributed by atoms with Gasteiger partial charge in [0.1, 0.15) is 13.1 Å². The van der Waals surface area contributed by atoms with Crippen LogP contribution in [-0.2, 0) is 20.9 Å². The first-order valence-electron chi connectivity index (χ1n) is 11.1. The number of carbonyl (C=O) groups is 3. The Bertz CT molecular complexity index is 953. The van der Waals surface area contributed by atoms with E-state index in [0.717, 1.165) is 37.6 Å². The molecule has 2 saturated heterocycles. The van der Waals surface area contributed by atoms with Gasteiger partial charge in [0, 0.05) is 5.56 Å². The third-order valence-electron chi connectivity index (χ3n) is 7.57. The fourth-order valence-electron chi connectivity index (χ4n) is 5.94. The second-order valence-corrected chi connectivity index (χ2v) is 9.26. The lowest BCUT2D eigenvalue weighted by Crippen LogP contribution is -3.13. The van der Waals surface area contributed by atoms with E-state index >= 15 is 0 Å². The maximum absolute atomic E-state index is 12.9. The molecule has 8 nitrogen and oxygen atoms in total. The topological polar surface area (TPSA) is 80.6 Å². The van der Waals surface area contributed by atoms with E-state index in [9.17, 15) is 14.4 Å². The van der Waals surface area contributed by atoms with E-state index in [1.54, 1.807) is 4.90 Å². The van der Waals surface area contributed by atoms with Gasteiger partial charge in [0.25, 0.3) is 0 Å². The third kappa shape index (κ3) is 3.04. The molecule has 1 saturated carbocycles. The number of amides is 3. The van der Waals surface area contributed by atoms with Crippen LogP contribution in [0, 0.1) is 23.7 Å². The van der Waals surface area contributed by atoms with Crippen LogP contribution >= 0.6 is 0 Å². The number of imide groups is 1. The summed E-state index contributed by atoms with van der Waals surface area (Å²) in [5.41, 5.74) is 1.18. The number of benzene rings is 1. The highest BCUT2D eigenvalue weighted by Gasteiger charge is 2.59. The lowest BCUT2D eigenvalue weighted by molar-refractivity contribution is -0.917. The molecule has 0 radical (unpaired) electrons. The van der Waals surface area contributed by atoms with Crippen molar-refractivity contribution < 1.29 is 28.8 Å². The number of nitrogens with one attached hydrogen (secondary N) is 1. The standard InChI is InChI=1S/C23H25N3O5/c27-19(12-26-22(28)20-15-2-3-16(10-15)21(20)23(26)29)25-7-5-24(6-8-25)11-14-1-4-17-18(9-14)31-13-30-17/h1-4,9,15-16,20-21H,5-8,10-13H2/p+1/t15-,16-,20-,21+/m0/s1. The molecule has 0 aromatic heterocycles. The molecule has 162 valence electrons. The predicted octanol–water partition coefficient (Wildman–Crippen LogP) is -0.550. The van der Waals surface area contributed by atoms with Gasteiger partial charge >= 0.3 is 0 Å². The minimum Gasteiger partial charge on any atom is -0.454 e. The molecule has 4 atom stereocenters. The fourth-order valence-corrected chi connectivity index (χ4v) is 5.94. The highest BCUT2D eigenvalue weighted by molar-refractivity contribution is 6.08. The summed E-state index contributed by atoms with van der Waals surface area (Å²) in [6.45, 7) is 3.96. The first kappa shape index (κ1) is 18.9. The molecule has 31 heavy (non-hydrogen) atoms. The van der Waals surface area contributed by atoms with Gasteiger partial charge in [0.15, 0.2) is 11.5 Å². The van der Waals surface area contributed by atoms with Gasteiger partial charge in [-0.2, -0.15) is 0 Å². The molecular weight excluding hydrogens is 398 g/mol. The monoisotopic (exact) mass is 424 g/mol. The van der Waals surface area contributed by atoms with E-state index in [1.807, 2.05) is 12.1 Å². The Morgan fingerprint density at radius 1 is 1.00 bits per heavy atom. The molecule has 2 bridgehead atoms. The summed E-state index contributed by atoms with van der Waals surface area (Å²) in [5, 5.41) is 0. The SMILES string of the molecule is O=C(CN1C(=O)[C@@H]2[C@H](C1=O)[C@H]1C=C[C@H]2C1)N1CC[NH+](Cc2ccc3c(c2)OCO3)CC1. The van der Waals surface area contributed by atoms with Crippen molar-refractivity contribution in [2.24, 2.45) is 23.7 Å². The lowest BCUT2D eigenvalue weighted by Gasteiger charge is -2.33. The smallest absolute Gasteiger partial charge is 0.243 e. The molecular formula is C23H26N3O5+. The zero-order valence-corrected chi connectivity index (χ0v) is 17.3. The largest absolute Gasteiger partial charge is 0.454 e. The number of nitrogens with zero attached hydrogens (tertiary/aromatic N) is 2. The average Bonchev–Trinajstić information content (AvgIpc) is 3.55. The number of rotatable bonds is 4. The Hall–Kier alpha value is -2.87. The molecule has 3 heterocycles. The molecule has 2 aliphatic carbocycles. The molecule has 0 spiro atoms. The van der Waals surface area contributed by atoms with Crippen molar-refractivity contribution in [3.63, 3.8) is 0 Å². The Balaban J connectivity index is 1.03. The van der Waals surface area contributed by atoms with Crippen molar-refractivity contribution in [3.05, 3.63) is 35.9 Å². The fraction of sp³-hybridized carbons (Fsp3) is 0.522. The number of piperazine rings is 1. The Labute approximate surface area is 180 Å². The van der Waals surface area contributed by atoms with Crippen molar-refractivity contribution in [1.29, 1.82) is 0 Å². The van der Waals surface area contributed by atoms with Gasteiger partial charge in [-0.25, -0.2) is 0 Å². The Morgan fingerprint density at radius 3 is 2.39 bits per heavy atom. The molecule has 1 N–H and O–H groups in total. The molecule has 6 rings (SSSR count). The number of ether oxygens (including phenoxy) is 2. The van der Waals surface area contributed by atoms with Crippen LogP contribution in [0.3, 0.4) is 0 Å². The Morgan fingerprint density at radius 2 is 1.68 bits per heavy atom. The van der Waals surface area contributed by atoms with E-state index in [1.165, 1.54) is 15.4 Å². The molecule has 3 fully saturated rings. The van der Waals surface area contributed by atoms with Gasteiger partial charge < -0.3 is 19.3 Å². The molecule has 3 aliphatic heterocycles. The Kier molecular flexibility index (Phi) is 4.31. The number of carbonyl (C=O) groups excluding carboxylic acids is 3. The van der Waals surface area contributed by atoms with Crippen LogP contribution in [0.4, 0.5) is 0 Å². The van der Waals surface area contributed by atoms with Gasteiger partial charge in [0.05, 0.1) is 38.0 Å². The number of fused-ring (bicyclic) bond motifs is 6. The molecule has 1 aromatic carbocycles. The summed E-state index contributed by atoms with van der Waals surface area (Å²) in [4.78, 5) is 42.9. The zero-order chi connectivity index (χ0) is 21.1. The van der Waals surface area contributed by atoms with Crippen LogP contribution < -0.4 is 14.4 Å². The van der Waals surface area contributed by atoms with Crippen LogP contribution in [0.15, 0.2) is 30.4 Å². The number of hydrogen-bond donors (Lipinski definition) is 1. The van der Waals surface area contributed by atoms with E-state index in [0.29, 0.717) is 13.1 Å². The molecule has 0 unspecified atom stereocenters. The van der Waals surface area contributed by atoms with Crippen molar-refractivity contribution in [3.8, 4) is 11.5 Å². The van der Waals surface area contributed by atoms with Gasteiger partial charge in [-0.3, -0.25) is 19.3 Å². The van der Waals surface area contributed by atoms with Gasteiger partial charge in [-0.1, -0.05) is 12.2 Å². The number of hydrogen-bond acceptors (Lipinski definition) is 5. The van der Waals surface area contributed by atoms with Crippen molar-refractivity contribution in [2.45, 2.75) is 13.0 Å². The number of likely N-dealkylation sites (tertiary alicyclic amines) is 1. The van der Waals surface area contributed by atoms with E-state index in [2.05, 4.69) is 18.2 Å². The van der Waals surface area contributed by atoms with Crippen LogP contribution in [0.1, 0.15) is 12.0 Å². The van der Waals surface area contributed by atoms with Gasteiger partial charge in [-0.15, -0.1) is 0 Å². The zero-order valence-electron chi connectivity index (χ0n) is 17.3. The van der Waals surface area contributed by atoms with Crippen molar-refractivity contribution in [1.82, 2.24) is 9.80 Å². The van der Waals surface area contributed by atoms with Crippen LogP contribution in [0.5, 0.6) is 11.5 Å². The summed E-state index contributed by atoms with van der Waals surface area (Å²) in [5.74, 6) is 1.04. The van der Waals surface area contributed by atoms with Crippen molar-refractivity contribution in [2.75, 3.05) is 39.5 Å². The summed E-state index contributed by atoms with van der Waals surface area (Å²) in [6.07, 6.45) is 5.05. The minimum absolute atomic E-state index is 0.110. The third-order valence-corrected chi connectivity index (χ3v) is 7.57. The molecule has 1 aromatic rings. The molecule has 8 heteroatoms. The highest BCUT2D eigenvalue weighted by atomic mass is 16.7. The lowest BCUT2D eigenvalue weighted by atomic mass is 9.85. The van der Waals surface area contributed by atoms with Crippen LogP contribution in [0.2, 0.25) is 0 Å². The number of quaternary nitrogens is 1. The quantitative estimate of drug-likeness (QED) is 0.518. The first-order chi connectivity index (χ1) is 15.1. The normalized spacial score (nSPS) is 31.1. The van der Waals surface area contributed by atoms with E-state index < -0.39 is 0 Å². The first-order valence-corrected chi connectivity index (χ1v) is 11.1. The summed E-state index contributed by atoms with van der Waals surface area (Å²) < 4.78 is 10.8. The predicted molar refractivity (Wildman–Crippen MR) is 108 cm³/mol. The van der Waals surface area contributed by atoms with Gasteiger partial charge in [0.2, 0.25) is 24.5 Å².